The van der Waals surface area contributed by atoms with Crippen molar-refractivity contribution in [2.45, 2.75) is 24.8 Å². The van der Waals surface area contributed by atoms with E-state index in [9.17, 15) is 22.7 Å². The molecule has 0 radical (unpaired) electrons. The molecular weight excluding hydrogens is 457 g/mol. The van der Waals surface area contributed by atoms with Crippen LogP contribution in [-0.4, -0.2) is 54.5 Å². The number of sulfonamides is 1. The molecule has 7 nitrogen and oxygen atoms in total. The van der Waals surface area contributed by atoms with Crippen LogP contribution in [0.4, 0.5) is 4.39 Å². The van der Waals surface area contributed by atoms with E-state index in [1.54, 1.807) is 25.6 Å². The van der Waals surface area contributed by atoms with E-state index in [2.05, 4.69) is 0 Å². The molecule has 4 rings (SSSR count). The lowest BCUT2D eigenvalue weighted by Gasteiger charge is -2.26. The van der Waals surface area contributed by atoms with Gasteiger partial charge in [-0.3, -0.25) is 0 Å². The summed E-state index contributed by atoms with van der Waals surface area (Å²) in [5, 5.41) is 10.1. The van der Waals surface area contributed by atoms with E-state index in [-0.39, 0.29) is 39.0 Å². The summed E-state index contributed by atoms with van der Waals surface area (Å²) in [7, 11) is -3.89. The lowest BCUT2D eigenvalue weighted by molar-refractivity contribution is 0.0699. The average Bonchev–Trinajstić information content (AvgIpc) is 3.12. The number of rotatable bonds is 6. The molecule has 2 aromatic carbocycles. The predicted molar refractivity (Wildman–Crippen MR) is 120 cm³/mol. The number of halogens is 1. The third-order valence-corrected chi connectivity index (χ3v) is 7.89. The predicted octanol–water partition coefficient (Wildman–Crippen LogP) is 4.46. The molecule has 0 aliphatic carbocycles. The van der Waals surface area contributed by atoms with Crippen LogP contribution in [0.25, 0.3) is 22.3 Å². The van der Waals surface area contributed by atoms with Gasteiger partial charge in [-0.15, -0.1) is 0 Å². The fourth-order valence-electron chi connectivity index (χ4n) is 3.59. The molecule has 3 aromatic rings. The van der Waals surface area contributed by atoms with Crippen LogP contribution in [0, 0.1) is 5.82 Å². The fourth-order valence-corrected chi connectivity index (χ4v) is 6.29. The molecular formula is C22H22FNO6S2. The van der Waals surface area contributed by atoms with Crippen LogP contribution in [0.1, 0.15) is 24.2 Å². The Kier molecular flexibility index (Phi) is 6.19. The maximum atomic E-state index is 13.4. The minimum Gasteiger partial charge on any atom is -0.490 e. The average molecular weight is 480 g/mol. The Labute approximate surface area is 189 Å². The maximum absolute atomic E-state index is 13.4. The molecule has 1 saturated heterocycles. The van der Waals surface area contributed by atoms with Gasteiger partial charge in [0.1, 0.15) is 33.4 Å². The van der Waals surface area contributed by atoms with E-state index in [1.807, 2.05) is 0 Å². The monoisotopic (exact) mass is 479 g/mol. The molecule has 0 spiro atoms. The Balaban J connectivity index is 1.95. The normalized spacial score (nSPS) is 15.4. The van der Waals surface area contributed by atoms with E-state index < -0.39 is 21.8 Å². The molecule has 1 fully saturated rings. The van der Waals surface area contributed by atoms with Crippen molar-refractivity contribution >= 4 is 38.7 Å². The summed E-state index contributed by atoms with van der Waals surface area (Å²) < 4.78 is 53.2. The number of hydrogen-bond acceptors (Lipinski definition) is 6. The van der Waals surface area contributed by atoms with Gasteiger partial charge in [-0.2, -0.15) is 16.1 Å². The van der Waals surface area contributed by atoms with Crippen LogP contribution >= 0.6 is 11.8 Å². The smallest absolute Gasteiger partial charge is 0.340 e. The maximum Gasteiger partial charge on any atom is 0.340 e. The highest BCUT2D eigenvalue weighted by Crippen LogP contribution is 2.40. The quantitative estimate of drug-likeness (QED) is 0.557. The standard InChI is InChI=1S/C22H22FNO6S2/c1-13(2)29-18-11-16-17(12-19(18)32(27,28)24-7-9-31-10-8-24)30-21(20(16)22(25)26)14-3-5-15(23)6-4-14/h3-6,11-13H,7-10H2,1-2H3,(H,25,26). The molecule has 10 heteroatoms. The lowest BCUT2D eigenvalue weighted by atomic mass is 10.1. The van der Waals surface area contributed by atoms with E-state index >= 15 is 0 Å². The van der Waals surface area contributed by atoms with Gasteiger partial charge < -0.3 is 14.3 Å². The SMILES string of the molecule is CC(C)Oc1cc2c(C(=O)O)c(-c3ccc(F)cc3)oc2cc1S(=O)(=O)N1CCSCC1. The van der Waals surface area contributed by atoms with Gasteiger partial charge in [-0.05, 0) is 44.2 Å². The highest BCUT2D eigenvalue weighted by atomic mass is 32.2. The summed E-state index contributed by atoms with van der Waals surface area (Å²) in [6, 6.07) is 7.95. The zero-order valence-corrected chi connectivity index (χ0v) is 19.1. The van der Waals surface area contributed by atoms with Gasteiger partial charge in [0.15, 0.2) is 0 Å². The van der Waals surface area contributed by atoms with Gasteiger partial charge in [0, 0.05) is 41.6 Å². The van der Waals surface area contributed by atoms with Crippen molar-refractivity contribution in [2.75, 3.05) is 24.6 Å². The topological polar surface area (TPSA) is 97.0 Å². The second kappa shape index (κ2) is 8.76. The van der Waals surface area contributed by atoms with Crippen LogP contribution in [-0.2, 0) is 10.0 Å². The second-order valence-corrected chi connectivity index (χ2v) is 10.7. The number of nitrogens with zero attached hydrogens (tertiary/aromatic N) is 1. The minimum absolute atomic E-state index is 0.0203. The van der Waals surface area contributed by atoms with Gasteiger partial charge >= 0.3 is 5.97 Å². The largest absolute Gasteiger partial charge is 0.490 e. The lowest BCUT2D eigenvalue weighted by Crippen LogP contribution is -2.38. The van der Waals surface area contributed by atoms with Crippen molar-refractivity contribution in [2.24, 2.45) is 0 Å². The number of carboxylic acids is 1. The number of furan rings is 1. The third kappa shape index (κ3) is 4.22. The Morgan fingerprint density at radius 1 is 1.19 bits per heavy atom. The van der Waals surface area contributed by atoms with Crippen molar-refractivity contribution in [3.63, 3.8) is 0 Å². The van der Waals surface area contributed by atoms with Gasteiger partial charge in [0.05, 0.1) is 6.10 Å². The molecule has 0 amide bonds. The number of hydrogen-bond donors (Lipinski definition) is 1. The molecule has 1 aliphatic rings. The summed E-state index contributed by atoms with van der Waals surface area (Å²) in [6.07, 6.45) is -0.338. The molecule has 1 aromatic heterocycles. The zero-order chi connectivity index (χ0) is 23.0. The van der Waals surface area contributed by atoms with Crippen LogP contribution in [0.5, 0.6) is 5.75 Å². The number of ether oxygens (including phenoxy) is 1. The Morgan fingerprint density at radius 2 is 1.84 bits per heavy atom. The highest BCUT2D eigenvalue weighted by molar-refractivity contribution is 7.99. The van der Waals surface area contributed by atoms with Gasteiger partial charge in [0.25, 0.3) is 0 Å². The third-order valence-electron chi connectivity index (χ3n) is 5.03. The first-order chi connectivity index (χ1) is 15.2. The van der Waals surface area contributed by atoms with E-state index in [1.165, 1.54) is 40.7 Å². The van der Waals surface area contributed by atoms with Gasteiger partial charge in [0.2, 0.25) is 10.0 Å². The van der Waals surface area contributed by atoms with Crippen molar-refractivity contribution in [1.82, 2.24) is 4.31 Å². The number of carbonyl (C=O) groups is 1. The Hall–Kier alpha value is -2.56. The molecule has 0 atom stereocenters. The first-order valence-electron chi connectivity index (χ1n) is 10.0. The first kappa shape index (κ1) is 22.6. The van der Waals surface area contributed by atoms with Crippen LogP contribution in [0.3, 0.4) is 0 Å². The Morgan fingerprint density at radius 3 is 2.44 bits per heavy atom. The van der Waals surface area contributed by atoms with Crippen molar-refractivity contribution in [3.05, 3.63) is 47.8 Å². The summed E-state index contributed by atoms with van der Waals surface area (Å²) >= 11 is 1.69. The molecule has 32 heavy (non-hydrogen) atoms. The van der Waals surface area contributed by atoms with Crippen LogP contribution in [0.2, 0.25) is 0 Å². The van der Waals surface area contributed by atoms with Crippen molar-refractivity contribution in [1.29, 1.82) is 0 Å². The summed E-state index contributed by atoms with van der Waals surface area (Å²) in [5.74, 6) is -0.239. The zero-order valence-electron chi connectivity index (χ0n) is 17.5. The molecule has 0 bridgehead atoms. The van der Waals surface area contributed by atoms with Crippen LogP contribution < -0.4 is 4.74 Å². The minimum atomic E-state index is -3.89. The van der Waals surface area contributed by atoms with Gasteiger partial charge in [-0.25, -0.2) is 17.6 Å². The van der Waals surface area contributed by atoms with Crippen LogP contribution in [0.15, 0.2) is 45.7 Å². The van der Waals surface area contributed by atoms with E-state index in [0.717, 1.165) is 0 Å². The summed E-state index contributed by atoms with van der Waals surface area (Å²) in [4.78, 5) is 12.0. The summed E-state index contributed by atoms with van der Waals surface area (Å²) in [6.45, 7) is 4.28. The van der Waals surface area contributed by atoms with Crippen molar-refractivity contribution in [3.8, 4) is 17.1 Å². The molecule has 2 heterocycles. The molecule has 0 unspecified atom stereocenters. The molecule has 1 aliphatic heterocycles. The number of aromatic carboxylic acids is 1. The first-order valence-corrected chi connectivity index (χ1v) is 12.6. The Bertz CT molecular complexity index is 1260. The molecule has 1 N–H and O–H groups in total. The number of fused-ring (bicyclic) bond motifs is 1. The van der Waals surface area contributed by atoms with E-state index in [4.69, 9.17) is 9.15 Å². The number of thioether (sulfide) groups is 1. The number of benzene rings is 2. The second-order valence-electron chi connectivity index (χ2n) is 7.60. The number of carboxylic acid groups (broad SMARTS) is 1. The molecule has 0 saturated carbocycles. The summed E-state index contributed by atoms with van der Waals surface area (Å²) in [5.41, 5.74) is 0.324. The van der Waals surface area contributed by atoms with Gasteiger partial charge in [-0.1, -0.05) is 0 Å². The fraction of sp³-hybridized carbons (Fsp3) is 0.318. The highest BCUT2D eigenvalue weighted by Gasteiger charge is 2.32. The molecule has 170 valence electrons. The van der Waals surface area contributed by atoms with E-state index in [0.29, 0.717) is 30.2 Å². The van der Waals surface area contributed by atoms with Crippen molar-refractivity contribution < 1.29 is 31.9 Å².